The van der Waals surface area contributed by atoms with E-state index >= 15 is 0 Å². The normalized spacial score (nSPS) is 24.5. The highest BCUT2D eigenvalue weighted by molar-refractivity contribution is 5.82. The fraction of sp³-hybridized carbons (Fsp3) is 0.818. The van der Waals surface area contributed by atoms with Gasteiger partial charge < -0.3 is 15.4 Å². The largest absolute Gasteiger partial charge is 0.449 e. The van der Waals surface area contributed by atoms with Crippen LogP contribution in [-0.2, 0) is 9.53 Å². The number of carbonyl (C=O) groups excluding carboxylic acids is 2. The molecule has 2 N–H and O–H groups in total. The number of unbranched alkanes of at least 4 members (excludes halogenated alkanes) is 1. The monoisotopic (exact) mass is 228 g/mol. The third-order valence-electron chi connectivity index (χ3n) is 3.05. The first-order valence-electron chi connectivity index (χ1n) is 5.71. The van der Waals surface area contributed by atoms with Gasteiger partial charge in [0.2, 0.25) is 5.91 Å². The molecule has 0 aromatic heterocycles. The van der Waals surface area contributed by atoms with E-state index in [1.165, 1.54) is 0 Å². The predicted octanol–water partition coefficient (Wildman–Crippen LogP) is 1.12. The second-order valence-electron chi connectivity index (χ2n) is 4.56. The summed E-state index contributed by atoms with van der Waals surface area (Å²) in [4.78, 5) is 24.3. The van der Waals surface area contributed by atoms with Crippen LogP contribution < -0.4 is 5.73 Å². The number of primary amides is 1. The molecule has 0 radical (unpaired) electrons. The topological polar surface area (TPSA) is 72.6 Å². The van der Waals surface area contributed by atoms with Crippen LogP contribution in [0, 0.1) is 5.41 Å². The summed E-state index contributed by atoms with van der Waals surface area (Å²) in [5.41, 5.74) is 4.70. The number of hydrogen-bond donors (Lipinski definition) is 1. The Bertz CT molecular complexity index is 280. The zero-order chi connectivity index (χ0) is 12.2. The molecule has 0 saturated carbocycles. The highest BCUT2D eigenvalue weighted by Gasteiger charge is 2.41. The number of carbonyl (C=O) groups is 2. The smallest absolute Gasteiger partial charge is 0.409 e. The highest BCUT2D eigenvalue weighted by atomic mass is 16.6. The quantitative estimate of drug-likeness (QED) is 0.733. The molecule has 1 atom stereocenters. The van der Waals surface area contributed by atoms with E-state index in [1.807, 2.05) is 6.92 Å². The molecule has 2 amide bonds. The summed E-state index contributed by atoms with van der Waals surface area (Å²) in [6, 6.07) is 0. The van der Waals surface area contributed by atoms with E-state index in [9.17, 15) is 9.59 Å². The van der Waals surface area contributed by atoms with Crippen molar-refractivity contribution in [3.05, 3.63) is 0 Å². The van der Waals surface area contributed by atoms with Gasteiger partial charge in [-0.15, -0.1) is 0 Å². The summed E-state index contributed by atoms with van der Waals surface area (Å²) in [5, 5.41) is 0. The van der Waals surface area contributed by atoms with E-state index in [0.717, 1.165) is 12.8 Å². The van der Waals surface area contributed by atoms with Crippen molar-refractivity contribution in [3.63, 3.8) is 0 Å². The number of rotatable bonds is 4. The molecule has 0 aromatic carbocycles. The molecule has 5 heteroatoms. The van der Waals surface area contributed by atoms with Gasteiger partial charge in [0.15, 0.2) is 0 Å². The Kier molecular flexibility index (Phi) is 4.15. The number of nitrogens with zero attached hydrogens (tertiary/aromatic N) is 1. The molecule has 92 valence electrons. The minimum Gasteiger partial charge on any atom is -0.449 e. The minimum absolute atomic E-state index is 0.335. The van der Waals surface area contributed by atoms with Gasteiger partial charge in [-0.25, -0.2) is 4.79 Å². The van der Waals surface area contributed by atoms with Crippen molar-refractivity contribution in [1.29, 1.82) is 0 Å². The zero-order valence-corrected chi connectivity index (χ0v) is 9.99. The van der Waals surface area contributed by atoms with E-state index in [2.05, 4.69) is 0 Å². The van der Waals surface area contributed by atoms with Crippen molar-refractivity contribution in [1.82, 2.24) is 4.90 Å². The molecule has 0 aromatic rings. The molecule has 5 nitrogen and oxygen atoms in total. The Morgan fingerprint density at radius 3 is 2.69 bits per heavy atom. The molecule has 16 heavy (non-hydrogen) atoms. The molecule has 1 unspecified atom stereocenters. The molecule has 1 aliphatic heterocycles. The molecular weight excluding hydrogens is 208 g/mol. The summed E-state index contributed by atoms with van der Waals surface area (Å²) in [6.45, 7) is 5.18. The van der Waals surface area contributed by atoms with Gasteiger partial charge in [0.1, 0.15) is 0 Å². The molecular formula is C11H20N2O3. The number of hydrogen-bond acceptors (Lipinski definition) is 3. The highest BCUT2D eigenvalue weighted by Crippen LogP contribution is 2.29. The van der Waals surface area contributed by atoms with Crippen LogP contribution in [0.15, 0.2) is 0 Å². The standard InChI is InChI=1S/C11H20N2O3/c1-3-4-7-16-10(15)13-6-5-11(2,8-13)9(12)14/h3-8H2,1-2H3,(H2,12,14). The number of nitrogens with two attached hydrogens (primary N) is 1. The van der Waals surface area contributed by atoms with Crippen LogP contribution >= 0.6 is 0 Å². The van der Waals surface area contributed by atoms with Crippen LogP contribution in [0.2, 0.25) is 0 Å². The van der Waals surface area contributed by atoms with Crippen LogP contribution in [0.5, 0.6) is 0 Å². The fourth-order valence-electron chi connectivity index (χ4n) is 1.71. The summed E-state index contributed by atoms with van der Waals surface area (Å²) < 4.78 is 5.07. The molecule has 0 aliphatic carbocycles. The maximum Gasteiger partial charge on any atom is 0.409 e. The van der Waals surface area contributed by atoms with E-state index in [0.29, 0.717) is 26.1 Å². The predicted molar refractivity (Wildman–Crippen MR) is 59.7 cm³/mol. The Morgan fingerprint density at radius 2 is 2.19 bits per heavy atom. The Balaban J connectivity index is 2.41. The number of ether oxygens (including phenoxy) is 1. The van der Waals surface area contributed by atoms with Crippen molar-refractivity contribution < 1.29 is 14.3 Å². The number of likely N-dealkylation sites (tertiary alicyclic amines) is 1. The van der Waals surface area contributed by atoms with Crippen molar-refractivity contribution in [2.75, 3.05) is 19.7 Å². The summed E-state index contributed by atoms with van der Waals surface area (Å²) in [5.74, 6) is -0.351. The molecule has 1 aliphatic rings. The van der Waals surface area contributed by atoms with Gasteiger partial charge in [0, 0.05) is 13.1 Å². The fourth-order valence-corrected chi connectivity index (χ4v) is 1.71. The van der Waals surface area contributed by atoms with E-state index in [4.69, 9.17) is 10.5 Å². The lowest BCUT2D eigenvalue weighted by molar-refractivity contribution is -0.126. The van der Waals surface area contributed by atoms with Gasteiger partial charge in [-0.05, 0) is 19.8 Å². The van der Waals surface area contributed by atoms with E-state index in [-0.39, 0.29) is 12.0 Å². The van der Waals surface area contributed by atoms with E-state index < -0.39 is 5.41 Å². The molecule has 1 fully saturated rings. The average molecular weight is 228 g/mol. The molecule has 1 saturated heterocycles. The third kappa shape index (κ3) is 2.87. The van der Waals surface area contributed by atoms with Crippen LogP contribution in [0.3, 0.4) is 0 Å². The summed E-state index contributed by atoms with van der Waals surface area (Å²) in [7, 11) is 0. The zero-order valence-electron chi connectivity index (χ0n) is 9.99. The van der Waals surface area contributed by atoms with Crippen LogP contribution in [0.25, 0.3) is 0 Å². The first-order valence-corrected chi connectivity index (χ1v) is 5.71. The van der Waals surface area contributed by atoms with Crippen LogP contribution in [-0.4, -0.2) is 36.6 Å². The van der Waals surface area contributed by atoms with Gasteiger partial charge in [0.25, 0.3) is 0 Å². The van der Waals surface area contributed by atoms with E-state index in [1.54, 1.807) is 11.8 Å². The molecule has 0 spiro atoms. The maximum absolute atomic E-state index is 11.6. The lowest BCUT2D eigenvalue weighted by Gasteiger charge is -2.20. The number of amides is 2. The summed E-state index contributed by atoms with van der Waals surface area (Å²) >= 11 is 0. The van der Waals surface area contributed by atoms with Crippen molar-refractivity contribution >= 4 is 12.0 Å². The third-order valence-corrected chi connectivity index (χ3v) is 3.05. The van der Waals surface area contributed by atoms with Gasteiger partial charge in [-0.1, -0.05) is 13.3 Å². The Labute approximate surface area is 95.9 Å². The van der Waals surface area contributed by atoms with Crippen LogP contribution in [0.1, 0.15) is 33.1 Å². The molecule has 1 rings (SSSR count). The minimum atomic E-state index is -0.593. The summed E-state index contributed by atoms with van der Waals surface area (Å²) in [6.07, 6.45) is 2.14. The van der Waals surface area contributed by atoms with Crippen molar-refractivity contribution in [2.24, 2.45) is 11.1 Å². The first kappa shape index (κ1) is 12.8. The van der Waals surface area contributed by atoms with Gasteiger partial charge >= 0.3 is 6.09 Å². The second kappa shape index (κ2) is 5.18. The lowest BCUT2D eigenvalue weighted by Crippen LogP contribution is -2.38. The average Bonchev–Trinajstić information content (AvgIpc) is 2.63. The Hall–Kier alpha value is -1.26. The van der Waals surface area contributed by atoms with Crippen molar-refractivity contribution in [2.45, 2.75) is 33.1 Å². The first-order chi connectivity index (χ1) is 7.49. The lowest BCUT2D eigenvalue weighted by atomic mass is 9.89. The van der Waals surface area contributed by atoms with Gasteiger partial charge in [-0.2, -0.15) is 0 Å². The Morgan fingerprint density at radius 1 is 1.50 bits per heavy atom. The maximum atomic E-state index is 11.6. The molecule has 1 heterocycles. The second-order valence-corrected chi connectivity index (χ2v) is 4.56. The SMILES string of the molecule is CCCCOC(=O)N1CCC(C)(C(N)=O)C1. The van der Waals surface area contributed by atoms with Crippen molar-refractivity contribution in [3.8, 4) is 0 Å². The van der Waals surface area contributed by atoms with Crippen LogP contribution in [0.4, 0.5) is 4.79 Å². The van der Waals surface area contributed by atoms with Gasteiger partial charge in [0.05, 0.1) is 12.0 Å². The molecule has 0 bridgehead atoms. The van der Waals surface area contributed by atoms with Gasteiger partial charge in [-0.3, -0.25) is 4.79 Å².